The van der Waals surface area contributed by atoms with Crippen LogP contribution in [0, 0.1) is 24.4 Å². The third-order valence-corrected chi connectivity index (χ3v) is 5.04. The molecule has 0 saturated heterocycles. The van der Waals surface area contributed by atoms with Gasteiger partial charge >= 0.3 is 0 Å². The van der Waals surface area contributed by atoms with Gasteiger partial charge in [-0.2, -0.15) is 5.10 Å². The van der Waals surface area contributed by atoms with Gasteiger partial charge in [0.15, 0.2) is 10.6 Å². The summed E-state index contributed by atoms with van der Waals surface area (Å²) in [6.07, 6.45) is 0. The molecule has 0 atom stereocenters. The van der Waals surface area contributed by atoms with E-state index in [1.54, 1.807) is 6.07 Å². The second-order valence-electron chi connectivity index (χ2n) is 7.09. The molecule has 0 fully saturated rings. The minimum absolute atomic E-state index is 0.00202. The van der Waals surface area contributed by atoms with E-state index in [-0.39, 0.29) is 18.2 Å². The fourth-order valence-corrected chi connectivity index (χ4v) is 3.41. The Hall–Kier alpha value is -2.80. The molecule has 28 heavy (non-hydrogen) atoms. The van der Waals surface area contributed by atoms with Crippen LogP contribution < -0.4 is 5.32 Å². The summed E-state index contributed by atoms with van der Waals surface area (Å²) in [4.78, 5) is 12.4. The summed E-state index contributed by atoms with van der Waals surface area (Å²) in [5, 5.41) is 9.56. The van der Waals surface area contributed by atoms with E-state index in [4.69, 9.17) is 12.2 Å². The van der Waals surface area contributed by atoms with E-state index < -0.39 is 11.7 Å². The van der Waals surface area contributed by atoms with Crippen LogP contribution in [0.15, 0.2) is 36.4 Å². The maximum atomic E-state index is 14.6. The van der Waals surface area contributed by atoms with Crippen molar-refractivity contribution in [1.82, 2.24) is 20.1 Å². The molecule has 3 rings (SSSR count). The Morgan fingerprint density at radius 3 is 2.50 bits per heavy atom. The number of benzene rings is 2. The number of nitrogens with one attached hydrogen (secondary N) is 2. The highest BCUT2D eigenvalue weighted by Gasteiger charge is 2.15. The number of aromatic amines is 1. The van der Waals surface area contributed by atoms with Gasteiger partial charge in [0.05, 0.1) is 12.1 Å². The van der Waals surface area contributed by atoms with Crippen molar-refractivity contribution in [3.05, 3.63) is 69.5 Å². The topological polar surface area (TPSA) is 62.7 Å². The molecule has 1 heterocycles. The molecule has 0 aliphatic carbocycles. The monoisotopic (exact) mass is 398 g/mol. The zero-order chi connectivity index (χ0) is 20.4. The molecule has 7 heteroatoms. The van der Waals surface area contributed by atoms with Crippen molar-refractivity contribution in [3.8, 4) is 11.1 Å². The quantitative estimate of drug-likeness (QED) is 0.603. The molecule has 0 radical (unpaired) electrons. The van der Waals surface area contributed by atoms with E-state index in [0.29, 0.717) is 10.6 Å². The molecule has 0 spiro atoms. The van der Waals surface area contributed by atoms with Crippen molar-refractivity contribution >= 4 is 18.1 Å². The first kappa shape index (κ1) is 19.9. The van der Waals surface area contributed by atoms with Crippen LogP contribution in [-0.2, 0) is 6.54 Å². The molecule has 1 amide bonds. The Kier molecular flexibility index (Phi) is 5.74. The molecular formula is C21H23FN4OS. The summed E-state index contributed by atoms with van der Waals surface area (Å²) in [6.45, 7) is 8.15. The van der Waals surface area contributed by atoms with Crippen molar-refractivity contribution in [2.24, 2.45) is 0 Å². The SMILES string of the molecule is Cc1ccc(-c2ccc(C(=O)NCc3n[nH]c(=S)n3C(C)C)c(F)c2)cc1C. The van der Waals surface area contributed by atoms with Crippen molar-refractivity contribution in [2.45, 2.75) is 40.3 Å². The maximum absolute atomic E-state index is 14.6. The average molecular weight is 399 g/mol. The van der Waals surface area contributed by atoms with E-state index in [9.17, 15) is 9.18 Å². The zero-order valence-electron chi connectivity index (χ0n) is 16.3. The normalized spacial score (nSPS) is 11.1. The summed E-state index contributed by atoms with van der Waals surface area (Å²) in [6, 6.07) is 10.7. The second kappa shape index (κ2) is 8.06. The third kappa shape index (κ3) is 4.04. The molecule has 1 aromatic heterocycles. The minimum Gasteiger partial charge on any atom is -0.345 e. The molecule has 0 aliphatic rings. The van der Waals surface area contributed by atoms with Crippen molar-refractivity contribution in [1.29, 1.82) is 0 Å². The van der Waals surface area contributed by atoms with Crippen LogP contribution in [0.1, 0.15) is 47.2 Å². The number of aromatic nitrogens is 3. The molecule has 0 saturated carbocycles. The van der Waals surface area contributed by atoms with Gasteiger partial charge in [0, 0.05) is 6.04 Å². The van der Waals surface area contributed by atoms with Gasteiger partial charge in [-0.15, -0.1) is 0 Å². The number of aryl methyl sites for hydroxylation is 2. The first-order valence-electron chi connectivity index (χ1n) is 9.09. The molecule has 0 unspecified atom stereocenters. The van der Waals surface area contributed by atoms with E-state index >= 15 is 0 Å². The largest absolute Gasteiger partial charge is 0.345 e. The lowest BCUT2D eigenvalue weighted by atomic mass is 9.99. The van der Waals surface area contributed by atoms with Gasteiger partial charge < -0.3 is 9.88 Å². The van der Waals surface area contributed by atoms with Gasteiger partial charge in [0.1, 0.15) is 5.82 Å². The Balaban J connectivity index is 1.78. The summed E-state index contributed by atoms with van der Waals surface area (Å²) in [7, 11) is 0. The number of amides is 1. The lowest BCUT2D eigenvalue weighted by Crippen LogP contribution is -2.26. The Morgan fingerprint density at radius 1 is 1.18 bits per heavy atom. The van der Waals surface area contributed by atoms with Gasteiger partial charge in [0.25, 0.3) is 5.91 Å². The first-order chi connectivity index (χ1) is 13.3. The van der Waals surface area contributed by atoms with Crippen LogP contribution in [0.25, 0.3) is 11.1 Å². The van der Waals surface area contributed by atoms with Gasteiger partial charge in [-0.3, -0.25) is 9.89 Å². The van der Waals surface area contributed by atoms with Crippen molar-refractivity contribution < 1.29 is 9.18 Å². The number of carbonyl (C=O) groups is 1. The Morgan fingerprint density at radius 2 is 1.86 bits per heavy atom. The number of hydrogen-bond donors (Lipinski definition) is 2. The number of halogens is 1. The number of H-pyrrole nitrogens is 1. The highest BCUT2D eigenvalue weighted by atomic mass is 32.1. The number of hydrogen-bond acceptors (Lipinski definition) is 3. The third-order valence-electron chi connectivity index (χ3n) is 4.75. The fourth-order valence-electron chi connectivity index (χ4n) is 3.05. The summed E-state index contributed by atoms with van der Waals surface area (Å²) in [5.74, 6) is -0.454. The Bertz CT molecular complexity index is 1080. The molecular weight excluding hydrogens is 375 g/mol. The van der Waals surface area contributed by atoms with Crippen LogP contribution in [0.5, 0.6) is 0 Å². The average Bonchev–Trinajstić information content (AvgIpc) is 3.02. The maximum Gasteiger partial charge on any atom is 0.254 e. The molecule has 3 aromatic rings. The van der Waals surface area contributed by atoms with Gasteiger partial charge in [0.2, 0.25) is 0 Å². The highest BCUT2D eigenvalue weighted by molar-refractivity contribution is 7.71. The smallest absolute Gasteiger partial charge is 0.254 e. The molecule has 2 aromatic carbocycles. The van der Waals surface area contributed by atoms with Gasteiger partial charge in [-0.25, -0.2) is 4.39 Å². The number of carbonyl (C=O) groups excluding carboxylic acids is 1. The van der Waals surface area contributed by atoms with E-state index in [1.807, 2.05) is 50.5 Å². The number of nitrogens with zero attached hydrogens (tertiary/aromatic N) is 2. The summed E-state index contributed by atoms with van der Waals surface area (Å²) >= 11 is 5.19. The van der Waals surface area contributed by atoms with Crippen LogP contribution >= 0.6 is 12.2 Å². The zero-order valence-corrected chi connectivity index (χ0v) is 17.2. The van der Waals surface area contributed by atoms with Crippen LogP contribution in [0.3, 0.4) is 0 Å². The minimum atomic E-state index is -0.559. The van der Waals surface area contributed by atoms with Crippen LogP contribution in [0.4, 0.5) is 4.39 Å². The predicted molar refractivity (Wildman–Crippen MR) is 110 cm³/mol. The molecule has 5 nitrogen and oxygen atoms in total. The standard InChI is InChI=1S/C21H23FN4OS/c1-12(2)26-19(24-25-21(26)28)11-23-20(27)17-8-7-16(10-18(17)22)15-6-5-13(3)14(4)9-15/h5-10,12H,11H2,1-4H3,(H,23,27)(H,25,28). The number of rotatable bonds is 5. The first-order valence-corrected chi connectivity index (χ1v) is 9.50. The molecule has 2 N–H and O–H groups in total. The second-order valence-corrected chi connectivity index (χ2v) is 7.47. The molecule has 146 valence electrons. The van der Waals surface area contributed by atoms with Gasteiger partial charge in [-0.1, -0.05) is 24.3 Å². The lowest BCUT2D eigenvalue weighted by Gasteiger charge is -2.12. The predicted octanol–water partition coefficient (Wildman–Crippen LogP) is 4.87. The van der Waals surface area contributed by atoms with Crippen LogP contribution in [0.2, 0.25) is 0 Å². The summed E-state index contributed by atoms with van der Waals surface area (Å²) in [5.41, 5.74) is 3.97. The summed E-state index contributed by atoms with van der Waals surface area (Å²) < 4.78 is 16.9. The van der Waals surface area contributed by atoms with Crippen molar-refractivity contribution in [3.63, 3.8) is 0 Å². The van der Waals surface area contributed by atoms with Gasteiger partial charge in [-0.05, 0) is 74.3 Å². The molecule has 0 bridgehead atoms. The molecule has 0 aliphatic heterocycles. The lowest BCUT2D eigenvalue weighted by molar-refractivity contribution is 0.0945. The van der Waals surface area contributed by atoms with Crippen LogP contribution in [-0.4, -0.2) is 20.7 Å². The van der Waals surface area contributed by atoms with E-state index in [0.717, 1.165) is 16.7 Å². The van der Waals surface area contributed by atoms with E-state index in [2.05, 4.69) is 15.5 Å². The highest BCUT2D eigenvalue weighted by Crippen LogP contribution is 2.24. The fraction of sp³-hybridized carbons (Fsp3) is 0.286. The van der Waals surface area contributed by atoms with E-state index in [1.165, 1.54) is 17.7 Å². The van der Waals surface area contributed by atoms with Crippen molar-refractivity contribution in [2.75, 3.05) is 0 Å². The Labute approximate surface area is 168 Å².